The van der Waals surface area contributed by atoms with E-state index in [-0.39, 0.29) is 6.04 Å². The molecule has 1 unspecified atom stereocenters. The van der Waals surface area contributed by atoms with Gasteiger partial charge in [0.1, 0.15) is 17.9 Å². The predicted molar refractivity (Wildman–Crippen MR) is 106 cm³/mol. The molecule has 4 N–H and O–H groups in total. The second kappa shape index (κ2) is 8.20. The van der Waals surface area contributed by atoms with Crippen LogP contribution in [-0.4, -0.2) is 36.6 Å². The number of aromatic nitrogens is 2. The van der Waals surface area contributed by atoms with Gasteiger partial charge >= 0.3 is 0 Å². The number of carbonyl (C=O) groups is 1. The topological polar surface area (TPSA) is 102 Å². The Kier molecular flexibility index (Phi) is 5.73. The summed E-state index contributed by atoms with van der Waals surface area (Å²) in [7, 11) is 3.46. The molecule has 0 aliphatic carbocycles. The molecule has 3 rings (SSSR count). The molecule has 7 nitrogen and oxygen atoms in total. The van der Waals surface area contributed by atoms with E-state index in [0.717, 1.165) is 5.56 Å². The zero-order chi connectivity index (χ0) is 19.4. The van der Waals surface area contributed by atoms with Crippen molar-refractivity contribution in [3.8, 4) is 5.75 Å². The molecule has 8 heteroatoms. The quantitative estimate of drug-likeness (QED) is 0.578. The lowest BCUT2D eigenvalue weighted by molar-refractivity contribution is 0.100. The van der Waals surface area contributed by atoms with Gasteiger partial charge in [0.25, 0.3) is 5.91 Å². The number of methoxy groups -OCH3 is 1. The van der Waals surface area contributed by atoms with Crippen molar-refractivity contribution < 1.29 is 9.53 Å². The first-order chi connectivity index (χ1) is 13.0. The highest BCUT2D eigenvalue weighted by Crippen LogP contribution is 2.31. The van der Waals surface area contributed by atoms with E-state index in [1.54, 1.807) is 25.3 Å². The van der Waals surface area contributed by atoms with Crippen LogP contribution in [0.5, 0.6) is 5.75 Å². The van der Waals surface area contributed by atoms with Crippen LogP contribution < -0.4 is 21.1 Å². The van der Waals surface area contributed by atoms with E-state index in [0.29, 0.717) is 39.6 Å². The van der Waals surface area contributed by atoms with Crippen molar-refractivity contribution in [3.05, 3.63) is 58.9 Å². The number of ether oxygens (including phenoxy) is 1. The molecule has 27 heavy (non-hydrogen) atoms. The van der Waals surface area contributed by atoms with Gasteiger partial charge in [-0.25, -0.2) is 9.97 Å². The number of primary amides is 1. The molecule has 0 saturated heterocycles. The molecule has 1 aromatic heterocycles. The van der Waals surface area contributed by atoms with E-state index >= 15 is 0 Å². The summed E-state index contributed by atoms with van der Waals surface area (Å²) < 4.78 is 5.32. The number of nitrogens with one attached hydrogen (secondary N) is 2. The summed E-state index contributed by atoms with van der Waals surface area (Å²) in [5.74, 6) is 0.760. The Labute approximate surface area is 161 Å². The summed E-state index contributed by atoms with van der Waals surface area (Å²) >= 11 is 6.42. The van der Waals surface area contributed by atoms with Gasteiger partial charge in [0.15, 0.2) is 0 Å². The molecule has 3 aromatic rings. The molecule has 0 bridgehead atoms. The Morgan fingerprint density at radius 1 is 1.30 bits per heavy atom. The number of halogens is 1. The maximum atomic E-state index is 11.7. The molecular weight excluding hydrogens is 366 g/mol. The third-order valence-corrected chi connectivity index (χ3v) is 4.57. The first kappa shape index (κ1) is 18.9. The van der Waals surface area contributed by atoms with Crippen LogP contribution in [-0.2, 0) is 0 Å². The number of hydrogen-bond donors (Lipinski definition) is 3. The van der Waals surface area contributed by atoms with Gasteiger partial charge in [0.2, 0.25) is 0 Å². The number of anilines is 1. The van der Waals surface area contributed by atoms with Crippen LogP contribution in [0.25, 0.3) is 10.9 Å². The van der Waals surface area contributed by atoms with Crippen molar-refractivity contribution in [3.63, 3.8) is 0 Å². The Hall–Kier alpha value is -2.90. The zero-order valence-corrected chi connectivity index (χ0v) is 15.7. The van der Waals surface area contributed by atoms with E-state index in [9.17, 15) is 4.79 Å². The van der Waals surface area contributed by atoms with Gasteiger partial charge in [-0.1, -0.05) is 17.7 Å². The molecule has 0 spiro atoms. The van der Waals surface area contributed by atoms with Crippen molar-refractivity contribution in [2.75, 3.05) is 26.0 Å². The summed E-state index contributed by atoms with van der Waals surface area (Å²) in [6.45, 7) is 0.591. The average molecular weight is 386 g/mol. The summed E-state index contributed by atoms with van der Waals surface area (Å²) in [5, 5.41) is 7.85. The minimum atomic E-state index is -0.534. The van der Waals surface area contributed by atoms with Gasteiger partial charge in [-0.2, -0.15) is 0 Å². The molecule has 1 atom stereocenters. The number of benzene rings is 2. The van der Waals surface area contributed by atoms with Crippen LogP contribution in [0.2, 0.25) is 5.02 Å². The van der Waals surface area contributed by atoms with Crippen molar-refractivity contribution in [1.29, 1.82) is 0 Å². The van der Waals surface area contributed by atoms with Crippen molar-refractivity contribution in [2.24, 2.45) is 5.73 Å². The van der Waals surface area contributed by atoms with Crippen LogP contribution >= 0.6 is 11.6 Å². The van der Waals surface area contributed by atoms with Crippen molar-refractivity contribution >= 4 is 34.2 Å². The monoisotopic (exact) mass is 385 g/mol. The number of carbonyl (C=O) groups excluding carboxylic acids is 1. The number of amides is 1. The third kappa shape index (κ3) is 3.94. The second-order valence-corrected chi connectivity index (χ2v) is 6.34. The van der Waals surface area contributed by atoms with Gasteiger partial charge < -0.3 is 21.1 Å². The fourth-order valence-electron chi connectivity index (χ4n) is 2.93. The fourth-order valence-corrected chi connectivity index (χ4v) is 3.17. The summed E-state index contributed by atoms with van der Waals surface area (Å²) in [4.78, 5) is 20.3. The molecule has 1 amide bonds. The molecule has 0 aliphatic rings. The van der Waals surface area contributed by atoms with Crippen molar-refractivity contribution in [1.82, 2.24) is 15.3 Å². The molecule has 140 valence electrons. The fraction of sp³-hybridized carbons (Fsp3) is 0.211. The molecule has 0 saturated carbocycles. The Bertz CT molecular complexity index is 979. The second-order valence-electron chi connectivity index (χ2n) is 5.93. The van der Waals surface area contributed by atoms with E-state index in [2.05, 4.69) is 20.6 Å². The summed E-state index contributed by atoms with van der Waals surface area (Å²) in [5.41, 5.74) is 7.18. The molecule has 1 heterocycles. The van der Waals surface area contributed by atoms with Crippen LogP contribution in [0, 0.1) is 0 Å². The lowest BCUT2D eigenvalue weighted by Gasteiger charge is -2.22. The highest BCUT2D eigenvalue weighted by molar-refractivity contribution is 6.31. The minimum Gasteiger partial charge on any atom is -0.497 e. The number of nitrogens with two attached hydrogens (primary N) is 1. The van der Waals surface area contributed by atoms with E-state index < -0.39 is 5.91 Å². The number of likely N-dealkylation sites (N-methyl/N-ethyl adjacent to an activating group) is 1. The molecule has 2 aromatic carbocycles. The molecule has 0 fully saturated rings. The molecule has 0 radical (unpaired) electrons. The number of rotatable bonds is 7. The van der Waals surface area contributed by atoms with Gasteiger partial charge in [-0.05, 0) is 42.9 Å². The standard InChI is InChI=1S/C19H20ClN5O2/c1-22-9-16(14-8-11(27-2)6-7-15(14)20)25-19-13-5-3-4-12(18(21)26)17(13)23-10-24-19/h3-8,10,16,22H,9H2,1-2H3,(H2,21,26)(H,23,24,25). The van der Waals surface area contributed by atoms with Crippen molar-refractivity contribution in [2.45, 2.75) is 6.04 Å². The maximum absolute atomic E-state index is 11.7. The lowest BCUT2D eigenvalue weighted by Crippen LogP contribution is -2.24. The number of nitrogens with zero attached hydrogens (tertiary/aromatic N) is 2. The van der Waals surface area contributed by atoms with Gasteiger partial charge in [-0.15, -0.1) is 0 Å². The number of para-hydroxylation sites is 1. The highest BCUT2D eigenvalue weighted by Gasteiger charge is 2.18. The van der Waals surface area contributed by atoms with Gasteiger partial charge in [-0.3, -0.25) is 4.79 Å². The van der Waals surface area contributed by atoms with Crippen LogP contribution in [0.3, 0.4) is 0 Å². The first-order valence-electron chi connectivity index (χ1n) is 8.33. The van der Waals surface area contributed by atoms with E-state index in [1.807, 2.05) is 25.2 Å². The average Bonchev–Trinajstić information content (AvgIpc) is 2.67. The number of fused-ring (bicyclic) bond motifs is 1. The largest absolute Gasteiger partial charge is 0.497 e. The van der Waals surface area contributed by atoms with Crippen LogP contribution in [0.4, 0.5) is 5.82 Å². The SMILES string of the molecule is CNCC(Nc1ncnc2c(C(N)=O)cccc12)c1cc(OC)ccc1Cl. The third-order valence-electron chi connectivity index (χ3n) is 4.23. The lowest BCUT2D eigenvalue weighted by atomic mass is 10.1. The number of hydrogen-bond acceptors (Lipinski definition) is 6. The zero-order valence-electron chi connectivity index (χ0n) is 15.0. The van der Waals surface area contributed by atoms with Crippen LogP contribution in [0.1, 0.15) is 22.0 Å². The minimum absolute atomic E-state index is 0.187. The summed E-state index contributed by atoms with van der Waals surface area (Å²) in [6.07, 6.45) is 1.40. The van der Waals surface area contributed by atoms with E-state index in [4.69, 9.17) is 22.1 Å². The van der Waals surface area contributed by atoms with E-state index in [1.165, 1.54) is 6.33 Å². The smallest absolute Gasteiger partial charge is 0.250 e. The molecule has 0 aliphatic heterocycles. The maximum Gasteiger partial charge on any atom is 0.250 e. The van der Waals surface area contributed by atoms with Crippen LogP contribution in [0.15, 0.2) is 42.7 Å². The van der Waals surface area contributed by atoms with Gasteiger partial charge in [0.05, 0.1) is 24.2 Å². The summed E-state index contributed by atoms with van der Waals surface area (Å²) in [6, 6.07) is 10.5. The van der Waals surface area contributed by atoms with Gasteiger partial charge in [0, 0.05) is 17.0 Å². The predicted octanol–water partition coefficient (Wildman–Crippen LogP) is 2.76. The normalized spacial score (nSPS) is 12.0. The highest BCUT2D eigenvalue weighted by atomic mass is 35.5. The molecular formula is C19H20ClN5O2. The Morgan fingerprint density at radius 3 is 2.81 bits per heavy atom. The Morgan fingerprint density at radius 2 is 2.11 bits per heavy atom. The first-order valence-corrected chi connectivity index (χ1v) is 8.71. The Balaban J connectivity index is 2.06.